The van der Waals surface area contributed by atoms with Gasteiger partial charge in [0.2, 0.25) is 5.91 Å². The number of hydrogen-bond donors (Lipinski definition) is 1. The molecule has 4 rings (SSSR count). The molecular formula is C21H27N7O. The van der Waals surface area contributed by atoms with Crippen molar-refractivity contribution in [1.29, 1.82) is 0 Å². The molecule has 8 heteroatoms. The third-order valence-corrected chi connectivity index (χ3v) is 5.43. The van der Waals surface area contributed by atoms with Crippen LogP contribution in [0.25, 0.3) is 5.65 Å². The monoisotopic (exact) mass is 393 g/mol. The molecule has 3 heterocycles. The molecule has 0 unspecified atom stereocenters. The van der Waals surface area contributed by atoms with Crippen LogP contribution in [0.15, 0.2) is 48.8 Å². The van der Waals surface area contributed by atoms with E-state index >= 15 is 0 Å². The van der Waals surface area contributed by atoms with Gasteiger partial charge >= 0.3 is 0 Å². The zero-order valence-corrected chi connectivity index (χ0v) is 16.7. The number of anilines is 1. The quantitative estimate of drug-likeness (QED) is 0.657. The summed E-state index contributed by atoms with van der Waals surface area (Å²) in [6.45, 7) is 4.05. The Morgan fingerprint density at radius 2 is 1.97 bits per heavy atom. The molecule has 0 atom stereocenters. The lowest BCUT2D eigenvalue weighted by atomic mass is 9.96. The number of carbonyl (C=O) groups excluding carboxylic acids is 1. The number of rotatable bonds is 7. The summed E-state index contributed by atoms with van der Waals surface area (Å²) >= 11 is 0. The van der Waals surface area contributed by atoms with E-state index in [0.29, 0.717) is 6.54 Å². The van der Waals surface area contributed by atoms with Gasteiger partial charge in [-0.15, -0.1) is 15.3 Å². The number of benzene rings is 1. The van der Waals surface area contributed by atoms with Gasteiger partial charge in [0.05, 0.1) is 0 Å². The fourth-order valence-electron chi connectivity index (χ4n) is 3.75. The summed E-state index contributed by atoms with van der Waals surface area (Å²) < 4.78 is 1.68. The van der Waals surface area contributed by atoms with Crippen LogP contribution in [0.2, 0.25) is 0 Å². The van der Waals surface area contributed by atoms with Crippen LogP contribution >= 0.6 is 0 Å². The minimum absolute atomic E-state index is 0.0734. The number of amides is 1. The topological polar surface area (TPSA) is 78.7 Å². The lowest BCUT2D eigenvalue weighted by molar-refractivity contribution is -0.125. The van der Waals surface area contributed by atoms with Crippen molar-refractivity contribution in [3.05, 3.63) is 54.4 Å². The number of fused-ring (bicyclic) bond motifs is 1. The van der Waals surface area contributed by atoms with Gasteiger partial charge in [-0.1, -0.05) is 30.3 Å². The van der Waals surface area contributed by atoms with Crippen LogP contribution < -0.4 is 10.2 Å². The summed E-state index contributed by atoms with van der Waals surface area (Å²) in [7, 11) is 2.08. The van der Waals surface area contributed by atoms with Gasteiger partial charge in [-0.05, 0) is 37.6 Å². The molecule has 1 aliphatic heterocycles. The van der Waals surface area contributed by atoms with Crippen LogP contribution in [-0.2, 0) is 11.3 Å². The van der Waals surface area contributed by atoms with E-state index in [1.165, 1.54) is 5.56 Å². The standard InChI is InChI=1S/C21H27N7O/c1-26(15-17-5-3-2-4-6-17)14-11-22-21(29)18-9-12-27(13-10-18)20-8-7-19-24-23-16-28(19)25-20/h2-8,16,18H,9-15H2,1H3,(H,22,29). The fraction of sp³-hybridized carbons (Fsp3) is 0.429. The van der Waals surface area contributed by atoms with Gasteiger partial charge in [-0.3, -0.25) is 4.79 Å². The van der Waals surface area contributed by atoms with Crippen LogP contribution in [0.4, 0.5) is 5.82 Å². The molecule has 1 aliphatic rings. The van der Waals surface area contributed by atoms with Gasteiger partial charge in [0, 0.05) is 38.6 Å². The summed E-state index contributed by atoms with van der Waals surface area (Å²) in [5, 5.41) is 15.5. The van der Waals surface area contributed by atoms with Crippen molar-refractivity contribution in [3.63, 3.8) is 0 Å². The highest BCUT2D eigenvalue weighted by Gasteiger charge is 2.25. The van der Waals surface area contributed by atoms with Gasteiger partial charge in [0.1, 0.15) is 12.1 Å². The molecule has 3 aromatic rings. The molecule has 152 valence electrons. The summed E-state index contributed by atoms with van der Waals surface area (Å²) in [5.41, 5.74) is 2.02. The highest BCUT2D eigenvalue weighted by Crippen LogP contribution is 2.22. The Hall–Kier alpha value is -3.00. The maximum absolute atomic E-state index is 12.5. The molecule has 1 amide bonds. The zero-order valence-electron chi connectivity index (χ0n) is 16.7. The van der Waals surface area contributed by atoms with Crippen molar-refractivity contribution in [2.75, 3.05) is 38.1 Å². The first-order valence-electron chi connectivity index (χ1n) is 10.1. The molecule has 8 nitrogen and oxygen atoms in total. The van der Waals surface area contributed by atoms with E-state index in [0.717, 1.165) is 50.5 Å². The third kappa shape index (κ3) is 4.89. The Morgan fingerprint density at radius 3 is 2.76 bits per heavy atom. The molecule has 1 aromatic carbocycles. The van der Waals surface area contributed by atoms with E-state index in [2.05, 4.69) is 61.7 Å². The van der Waals surface area contributed by atoms with E-state index in [9.17, 15) is 4.79 Å². The number of hydrogen-bond acceptors (Lipinski definition) is 6. The molecule has 0 saturated carbocycles. The van der Waals surface area contributed by atoms with E-state index in [-0.39, 0.29) is 11.8 Å². The minimum atomic E-state index is 0.0734. The first-order valence-corrected chi connectivity index (χ1v) is 10.1. The van der Waals surface area contributed by atoms with E-state index in [1.54, 1.807) is 10.8 Å². The van der Waals surface area contributed by atoms with Gasteiger partial charge in [-0.25, -0.2) is 0 Å². The second-order valence-electron chi connectivity index (χ2n) is 7.60. The molecule has 2 aromatic heterocycles. The molecule has 1 fully saturated rings. The Labute approximate surface area is 170 Å². The highest BCUT2D eigenvalue weighted by molar-refractivity contribution is 5.79. The normalized spacial score (nSPS) is 15.2. The summed E-state index contributed by atoms with van der Waals surface area (Å²) in [6, 6.07) is 14.3. The van der Waals surface area contributed by atoms with Crippen molar-refractivity contribution < 1.29 is 4.79 Å². The number of carbonyl (C=O) groups is 1. The number of nitrogens with zero attached hydrogens (tertiary/aromatic N) is 6. The second-order valence-corrected chi connectivity index (χ2v) is 7.60. The number of aromatic nitrogens is 4. The van der Waals surface area contributed by atoms with Gasteiger partial charge in [-0.2, -0.15) is 4.52 Å². The van der Waals surface area contributed by atoms with Crippen molar-refractivity contribution in [3.8, 4) is 0 Å². The number of likely N-dealkylation sites (N-methyl/N-ethyl adjacent to an activating group) is 1. The molecule has 29 heavy (non-hydrogen) atoms. The molecule has 0 bridgehead atoms. The van der Waals surface area contributed by atoms with Crippen LogP contribution in [-0.4, -0.2) is 63.8 Å². The molecule has 0 spiro atoms. The fourth-order valence-corrected chi connectivity index (χ4v) is 3.75. The second kappa shape index (κ2) is 9.00. The van der Waals surface area contributed by atoms with Gasteiger partial charge < -0.3 is 15.1 Å². The Kier molecular flexibility index (Phi) is 6.00. The van der Waals surface area contributed by atoms with E-state index in [4.69, 9.17) is 0 Å². The molecular weight excluding hydrogens is 366 g/mol. The molecule has 0 radical (unpaired) electrons. The Bertz CT molecular complexity index is 934. The van der Waals surface area contributed by atoms with Crippen LogP contribution in [0.1, 0.15) is 18.4 Å². The minimum Gasteiger partial charge on any atom is -0.355 e. The smallest absolute Gasteiger partial charge is 0.223 e. The first kappa shape index (κ1) is 19.3. The van der Waals surface area contributed by atoms with Crippen molar-refractivity contribution in [2.45, 2.75) is 19.4 Å². The Morgan fingerprint density at radius 1 is 1.17 bits per heavy atom. The predicted octanol–water partition coefficient (Wildman–Crippen LogP) is 1.59. The largest absolute Gasteiger partial charge is 0.355 e. The molecule has 1 saturated heterocycles. The first-order chi connectivity index (χ1) is 14.2. The Balaban J connectivity index is 1.20. The number of nitrogens with one attached hydrogen (secondary N) is 1. The third-order valence-electron chi connectivity index (χ3n) is 5.43. The summed E-state index contributed by atoms with van der Waals surface area (Å²) in [5.74, 6) is 1.14. The SMILES string of the molecule is CN(CCNC(=O)C1CCN(c2ccc3nncn3n2)CC1)Cc1ccccc1. The summed E-state index contributed by atoms with van der Waals surface area (Å²) in [4.78, 5) is 17.0. The van der Waals surface area contributed by atoms with Crippen LogP contribution in [0.5, 0.6) is 0 Å². The van der Waals surface area contributed by atoms with E-state index < -0.39 is 0 Å². The lowest BCUT2D eigenvalue weighted by Gasteiger charge is -2.32. The van der Waals surface area contributed by atoms with Crippen LogP contribution in [0, 0.1) is 5.92 Å². The lowest BCUT2D eigenvalue weighted by Crippen LogP contribution is -2.42. The maximum Gasteiger partial charge on any atom is 0.223 e. The average molecular weight is 393 g/mol. The van der Waals surface area contributed by atoms with Crippen molar-refractivity contribution in [2.24, 2.45) is 5.92 Å². The van der Waals surface area contributed by atoms with E-state index in [1.807, 2.05) is 18.2 Å². The molecule has 1 N–H and O–H groups in total. The number of piperidine rings is 1. The van der Waals surface area contributed by atoms with Crippen LogP contribution in [0.3, 0.4) is 0 Å². The highest BCUT2D eigenvalue weighted by atomic mass is 16.1. The predicted molar refractivity (Wildman–Crippen MR) is 112 cm³/mol. The van der Waals surface area contributed by atoms with Gasteiger partial charge in [0.15, 0.2) is 5.65 Å². The maximum atomic E-state index is 12.5. The zero-order chi connectivity index (χ0) is 20.1. The van der Waals surface area contributed by atoms with Crippen molar-refractivity contribution >= 4 is 17.4 Å². The average Bonchev–Trinajstić information content (AvgIpc) is 3.22. The molecule has 0 aliphatic carbocycles. The van der Waals surface area contributed by atoms with Gasteiger partial charge in [0.25, 0.3) is 0 Å². The summed E-state index contributed by atoms with van der Waals surface area (Å²) in [6.07, 6.45) is 3.29. The van der Waals surface area contributed by atoms with Crippen molar-refractivity contribution in [1.82, 2.24) is 30.0 Å².